The summed E-state index contributed by atoms with van der Waals surface area (Å²) in [7, 11) is -3.57. The van der Waals surface area contributed by atoms with Crippen LogP contribution in [0.4, 0.5) is 10.5 Å². The van der Waals surface area contributed by atoms with Crippen LogP contribution >= 0.6 is 0 Å². The van der Waals surface area contributed by atoms with E-state index in [-0.39, 0.29) is 11.7 Å². The van der Waals surface area contributed by atoms with Gasteiger partial charge in [-0.15, -0.1) is 0 Å². The molecule has 24 heavy (non-hydrogen) atoms. The monoisotopic (exact) mass is 350 g/mol. The first-order valence-corrected chi connectivity index (χ1v) is 10.5. The lowest BCUT2D eigenvalue weighted by atomic mass is 9.87. The third-order valence-electron chi connectivity index (χ3n) is 5.31. The topological polar surface area (TPSA) is 75.3 Å². The van der Waals surface area contributed by atoms with E-state index in [0.717, 1.165) is 61.8 Å². The highest BCUT2D eigenvalue weighted by Crippen LogP contribution is 2.34. The van der Waals surface area contributed by atoms with Gasteiger partial charge in [-0.2, -0.15) is 0 Å². The second-order valence-corrected chi connectivity index (χ2v) is 8.78. The summed E-state index contributed by atoms with van der Waals surface area (Å²) in [5, 5.41) is 2.82. The van der Waals surface area contributed by atoms with Gasteiger partial charge in [-0.05, 0) is 73.6 Å². The van der Waals surface area contributed by atoms with Gasteiger partial charge < -0.3 is 5.32 Å². The Morgan fingerprint density at radius 1 is 1.25 bits per heavy atom. The number of anilines is 1. The van der Waals surface area contributed by atoms with Crippen molar-refractivity contribution in [1.29, 1.82) is 0 Å². The molecule has 0 atom stereocenters. The van der Waals surface area contributed by atoms with Gasteiger partial charge in [0.15, 0.2) is 0 Å². The van der Waals surface area contributed by atoms with E-state index in [1.807, 2.05) is 6.92 Å². The molecule has 1 aromatic rings. The van der Waals surface area contributed by atoms with Crippen molar-refractivity contribution in [1.82, 2.24) is 4.72 Å². The summed E-state index contributed by atoms with van der Waals surface area (Å²) in [4.78, 5) is 12.3. The third kappa shape index (κ3) is 3.58. The molecule has 2 amide bonds. The fraction of sp³-hybridized carbons (Fsp3) is 0.611. The Kier molecular flexibility index (Phi) is 4.85. The van der Waals surface area contributed by atoms with Gasteiger partial charge in [0.1, 0.15) is 0 Å². The van der Waals surface area contributed by atoms with Crippen molar-refractivity contribution in [3.63, 3.8) is 0 Å². The molecule has 132 valence electrons. The molecule has 1 fully saturated rings. The number of nitrogens with one attached hydrogen (secondary N) is 2. The van der Waals surface area contributed by atoms with Gasteiger partial charge in [0.05, 0.1) is 5.75 Å². The van der Waals surface area contributed by atoms with E-state index in [0.29, 0.717) is 0 Å². The van der Waals surface area contributed by atoms with Gasteiger partial charge in [-0.3, -0.25) is 0 Å². The molecule has 2 aliphatic carbocycles. The molecule has 0 heterocycles. The summed E-state index contributed by atoms with van der Waals surface area (Å²) < 4.78 is 26.4. The average Bonchev–Trinajstić information content (AvgIpc) is 2.93. The molecule has 0 unspecified atom stereocenters. The number of rotatable bonds is 5. The third-order valence-corrected chi connectivity index (χ3v) is 6.72. The van der Waals surface area contributed by atoms with Crippen LogP contribution in [0.15, 0.2) is 6.07 Å². The second kappa shape index (κ2) is 6.75. The molecule has 0 aromatic heterocycles. The SMILES string of the molecule is CCc1cc2c(c(NC(=O)NS(=O)(=O)CC3CCC3)c1C)CCC2. The standard InChI is InChI=1S/C18H26N2O3S/c1-3-14-10-15-8-5-9-16(15)17(12(14)2)19-18(21)20-24(22,23)11-13-6-4-7-13/h10,13H,3-9,11H2,1-2H3,(H2,19,20,21). The Bertz CT molecular complexity index is 751. The number of aryl methyl sites for hydroxylation is 2. The molecule has 2 N–H and O–H groups in total. The van der Waals surface area contributed by atoms with Crippen molar-refractivity contribution in [2.45, 2.75) is 58.8 Å². The van der Waals surface area contributed by atoms with Gasteiger partial charge in [-0.1, -0.05) is 19.4 Å². The number of amides is 2. The van der Waals surface area contributed by atoms with Crippen LogP contribution in [0.5, 0.6) is 0 Å². The minimum absolute atomic E-state index is 0.0481. The van der Waals surface area contributed by atoms with Crippen LogP contribution in [0.3, 0.4) is 0 Å². The van der Waals surface area contributed by atoms with Gasteiger partial charge in [0.2, 0.25) is 10.0 Å². The van der Waals surface area contributed by atoms with Gasteiger partial charge in [-0.25, -0.2) is 17.9 Å². The number of carbonyl (C=O) groups is 1. The first-order valence-electron chi connectivity index (χ1n) is 8.85. The van der Waals surface area contributed by atoms with Crippen LogP contribution in [0.25, 0.3) is 0 Å². The highest BCUT2D eigenvalue weighted by molar-refractivity contribution is 7.90. The number of hydrogen-bond donors (Lipinski definition) is 2. The van der Waals surface area contributed by atoms with E-state index in [9.17, 15) is 13.2 Å². The van der Waals surface area contributed by atoms with Crippen molar-refractivity contribution < 1.29 is 13.2 Å². The lowest BCUT2D eigenvalue weighted by Gasteiger charge is -2.25. The average molecular weight is 350 g/mol. The second-order valence-electron chi connectivity index (χ2n) is 7.02. The van der Waals surface area contributed by atoms with E-state index in [1.165, 1.54) is 11.1 Å². The van der Waals surface area contributed by atoms with Crippen LogP contribution in [0.2, 0.25) is 0 Å². The maximum absolute atomic E-state index is 12.3. The number of sulfonamides is 1. The minimum Gasteiger partial charge on any atom is -0.307 e. The maximum Gasteiger partial charge on any atom is 0.332 e. The van der Waals surface area contributed by atoms with Crippen LogP contribution in [0, 0.1) is 12.8 Å². The lowest BCUT2D eigenvalue weighted by molar-refractivity contribution is 0.256. The number of benzene rings is 1. The largest absolute Gasteiger partial charge is 0.332 e. The predicted octanol–water partition coefficient (Wildman–Crippen LogP) is 3.30. The van der Waals surface area contributed by atoms with Gasteiger partial charge in [0.25, 0.3) is 0 Å². The Labute approximate surface area is 144 Å². The van der Waals surface area contributed by atoms with Crippen LogP contribution in [-0.4, -0.2) is 20.2 Å². The van der Waals surface area contributed by atoms with Crippen molar-refractivity contribution in [2.24, 2.45) is 5.92 Å². The Hall–Kier alpha value is -1.56. The molecule has 2 aliphatic rings. The molecule has 1 aromatic carbocycles. The first-order chi connectivity index (χ1) is 11.4. The van der Waals surface area contributed by atoms with E-state index >= 15 is 0 Å². The number of carbonyl (C=O) groups excluding carboxylic acids is 1. The summed E-state index contributed by atoms with van der Waals surface area (Å²) in [6.45, 7) is 4.09. The molecule has 3 rings (SSSR count). The fourth-order valence-electron chi connectivity index (χ4n) is 3.75. The summed E-state index contributed by atoms with van der Waals surface area (Å²) in [6.07, 6.45) is 6.90. The molecule has 1 saturated carbocycles. The number of hydrogen-bond acceptors (Lipinski definition) is 3. The summed E-state index contributed by atoms with van der Waals surface area (Å²) in [5.41, 5.74) is 5.51. The summed E-state index contributed by atoms with van der Waals surface area (Å²) in [5.74, 6) is 0.247. The lowest BCUT2D eigenvalue weighted by Crippen LogP contribution is -2.39. The molecular weight excluding hydrogens is 324 g/mol. The van der Waals surface area contributed by atoms with Crippen LogP contribution in [0.1, 0.15) is 54.9 Å². The van der Waals surface area contributed by atoms with Crippen LogP contribution < -0.4 is 10.0 Å². The molecule has 6 heteroatoms. The Morgan fingerprint density at radius 2 is 2.00 bits per heavy atom. The van der Waals surface area contributed by atoms with Crippen molar-refractivity contribution in [2.75, 3.05) is 11.1 Å². The van der Waals surface area contributed by atoms with Crippen molar-refractivity contribution in [3.8, 4) is 0 Å². The van der Waals surface area contributed by atoms with Gasteiger partial charge in [0, 0.05) is 5.69 Å². The molecule has 0 saturated heterocycles. The number of fused-ring (bicyclic) bond motifs is 1. The summed E-state index contributed by atoms with van der Waals surface area (Å²) >= 11 is 0. The Balaban J connectivity index is 1.75. The molecule has 0 spiro atoms. The zero-order chi connectivity index (χ0) is 17.3. The maximum atomic E-state index is 12.3. The highest BCUT2D eigenvalue weighted by Gasteiger charge is 2.27. The summed E-state index contributed by atoms with van der Waals surface area (Å²) in [6, 6.07) is 1.59. The van der Waals surface area contributed by atoms with Crippen LogP contribution in [-0.2, 0) is 29.3 Å². The van der Waals surface area contributed by atoms with E-state index < -0.39 is 16.1 Å². The highest BCUT2D eigenvalue weighted by atomic mass is 32.2. The zero-order valence-corrected chi connectivity index (χ0v) is 15.3. The number of urea groups is 1. The van der Waals surface area contributed by atoms with Crippen molar-refractivity contribution >= 4 is 21.7 Å². The predicted molar refractivity (Wildman–Crippen MR) is 95.9 cm³/mol. The molecule has 0 radical (unpaired) electrons. The quantitative estimate of drug-likeness (QED) is 0.855. The molecule has 0 bridgehead atoms. The minimum atomic E-state index is -3.57. The molecule has 5 nitrogen and oxygen atoms in total. The molecular formula is C18H26N2O3S. The van der Waals surface area contributed by atoms with Crippen molar-refractivity contribution in [3.05, 3.63) is 28.3 Å². The van der Waals surface area contributed by atoms with E-state index in [2.05, 4.69) is 23.0 Å². The Morgan fingerprint density at radius 3 is 2.62 bits per heavy atom. The van der Waals surface area contributed by atoms with E-state index in [1.54, 1.807) is 0 Å². The van der Waals surface area contributed by atoms with Gasteiger partial charge >= 0.3 is 6.03 Å². The van der Waals surface area contributed by atoms with E-state index in [4.69, 9.17) is 0 Å². The fourth-order valence-corrected chi connectivity index (χ4v) is 5.12. The zero-order valence-electron chi connectivity index (χ0n) is 14.4. The molecule has 0 aliphatic heterocycles. The first kappa shape index (κ1) is 17.3. The smallest absolute Gasteiger partial charge is 0.307 e. The normalized spacial score (nSPS) is 17.2.